The zero-order valence-corrected chi connectivity index (χ0v) is 16.4. The number of likely N-dealkylation sites (tertiary alicyclic amines) is 1. The van der Waals surface area contributed by atoms with Crippen LogP contribution < -0.4 is 10.1 Å². The summed E-state index contributed by atoms with van der Waals surface area (Å²) in [7, 11) is 0. The number of hydrogen-bond acceptors (Lipinski definition) is 4. The Morgan fingerprint density at radius 2 is 1.81 bits per heavy atom. The summed E-state index contributed by atoms with van der Waals surface area (Å²) in [6, 6.07) is 5.84. The van der Waals surface area contributed by atoms with Gasteiger partial charge in [0.15, 0.2) is 6.61 Å². The summed E-state index contributed by atoms with van der Waals surface area (Å²) < 4.78 is 10.9. The Morgan fingerprint density at radius 1 is 1.15 bits per heavy atom. The van der Waals surface area contributed by atoms with Crippen LogP contribution in [-0.2, 0) is 9.53 Å². The van der Waals surface area contributed by atoms with E-state index in [0.29, 0.717) is 31.7 Å². The largest absolute Gasteiger partial charge is 0.484 e. The summed E-state index contributed by atoms with van der Waals surface area (Å²) in [6.45, 7) is 10.8. The van der Waals surface area contributed by atoms with E-state index in [9.17, 15) is 9.59 Å². The van der Waals surface area contributed by atoms with Gasteiger partial charge in [0.2, 0.25) is 0 Å². The average molecular weight is 362 g/mol. The minimum absolute atomic E-state index is 0.00518. The average Bonchev–Trinajstić information content (AvgIpc) is 2.55. The van der Waals surface area contributed by atoms with E-state index in [2.05, 4.69) is 5.32 Å². The third-order valence-corrected chi connectivity index (χ3v) is 4.36. The molecule has 1 fully saturated rings. The molecular formula is C20H30N2O4. The maximum Gasteiger partial charge on any atom is 0.410 e. The van der Waals surface area contributed by atoms with Gasteiger partial charge in [0.1, 0.15) is 11.4 Å². The van der Waals surface area contributed by atoms with Crippen LogP contribution in [0.3, 0.4) is 0 Å². The molecular weight excluding hydrogens is 332 g/mol. The summed E-state index contributed by atoms with van der Waals surface area (Å²) >= 11 is 0. The third-order valence-electron chi connectivity index (χ3n) is 4.36. The highest BCUT2D eigenvalue weighted by Crippen LogP contribution is 2.17. The van der Waals surface area contributed by atoms with E-state index in [4.69, 9.17) is 9.47 Å². The second-order valence-corrected chi connectivity index (χ2v) is 7.84. The SMILES string of the molecule is Cc1ccc(OCC(=O)NC2CCN(C(=O)OC(C)(C)C)CC2)cc1C. The highest BCUT2D eigenvalue weighted by atomic mass is 16.6. The van der Waals surface area contributed by atoms with Crippen LogP contribution in [0, 0.1) is 13.8 Å². The van der Waals surface area contributed by atoms with Gasteiger partial charge in [-0.15, -0.1) is 0 Å². The molecule has 2 amide bonds. The predicted molar refractivity (Wildman–Crippen MR) is 100 cm³/mol. The summed E-state index contributed by atoms with van der Waals surface area (Å²) in [4.78, 5) is 25.8. The first-order chi connectivity index (χ1) is 12.1. The van der Waals surface area contributed by atoms with Crippen LogP contribution >= 0.6 is 0 Å². The zero-order valence-electron chi connectivity index (χ0n) is 16.4. The van der Waals surface area contributed by atoms with E-state index in [1.54, 1.807) is 4.90 Å². The lowest BCUT2D eigenvalue weighted by Crippen LogP contribution is -2.48. The number of carbonyl (C=O) groups is 2. The maximum atomic E-state index is 12.1. The summed E-state index contributed by atoms with van der Waals surface area (Å²) in [6.07, 6.45) is 1.14. The number of carbonyl (C=O) groups excluding carboxylic acids is 2. The summed E-state index contributed by atoms with van der Waals surface area (Å²) in [5.41, 5.74) is 1.84. The molecule has 0 bridgehead atoms. The van der Waals surface area contributed by atoms with Crippen molar-refractivity contribution in [3.05, 3.63) is 29.3 Å². The fourth-order valence-corrected chi connectivity index (χ4v) is 2.75. The normalized spacial score (nSPS) is 15.5. The number of ether oxygens (including phenoxy) is 2. The van der Waals surface area contributed by atoms with Crippen LogP contribution in [0.15, 0.2) is 18.2 Å². The monoisotopic (exact) mass is 362 g/mol. The van der Waals surface area contributed by atoms with Gasteiger partial charge in [-0.25, -0.2) is 4.79 Å². The molecule has 6 heteroatoms. The second kappa shape index (κ2) is 8.43. The van der Waals surface area contributed by atoms with Gasteiger partial charge < -0.3 is 19.7 Å². The minimum Gasteiger partial charge on any atom is -0.484 e. The Balaban J connectivity index is 1.72. The van der Waals surface area contributed by atoms with Crippen molar-refractivity contribution in [3.63, 3.8) is 0 Å². The van der Waals surface area contributed by atoms with E-state index >= 15 is 0 Å². The maximum absolute atomic E-state index is 12.1. The van der Waals surface area contributed by atoms with Crippen molar-refractivity contribution < 1.29 is 19.1 Å². The molecule has 0 atom stereocenters. The Bertz CT molecular complexity index is 644. The third kappa shape index (κ3) is 6.24. The number of aryl methyl sites for hydroxylation is 2. The molecule has 6 nitrogen and oxygen atoms in total. The van der Waals surface area contributed by atoms with Gasteiger partial charge in [0.25, 0.3) is 5.91 Å². The zero-order chi connectivity index (χ0) is 19.3. The predicted octanol–water partition coefficient (Wildman–Crippen LogP) is 3.20. The molecule has 0 unspecified atom stereocenters. The smallest absolute Gasteiger partial charge is 0.410 e. The van der Waals surface area contributed by atoms with Gasteiger partial charge in [0.05, 0.1) is 0 Å². The van der Waals surface area contributed by atoms with E-state index in [1.165, 1.54) is 5.56 Å². The Kier molecular flexibility index (Phi) is 6.51. The fraction of sp³-hybridized carbons (Fsp3) is 0.600. The van der Waals surface area contributed by atoms with Gasteiger partial charge in [0, 0.05) is 19.1 Å². The molecule has 0 aliphatic carbocycles. The molecule has 1 saturated heterocycles. The first kappa shape index (κ1) is 20.1. The number of rotatable bonds is 4. The Morgan fingerprint density at radius 3 is 2.38 bits per heavy atom. The van der Waals surface area contributed by atoms with E-state index in [1.807, 2.05) is 52.8 Å². The van der Waals surface area contributed by atoms with Crippen LogP contribution in [-0.4, -0.2) is 48.2 Å². The van der Waals surface area contributed by atoms with Crippen LogP contribution in [0.5, 0.6) is 5.75 Å². The lowest BCUT2D eigenvalue weighted by atomic mass is 10.1. The number of piperidine rings is 1. The van der Waals surface area contributed by atoms with Gasteiger partial charge in [-0.3, -0.25) is 4.79 Å². The molecule has 0 aromatic heterocycles. The van der Waals surface area contributed by atoms with Gasteiger partial charge in [-0.2, -0.15) is 0 Å². The van der Waals surface area contributed by atoms with Crippen LogP contribution in [0.4, 0.5) is 4.79 Å². The van der Waals surface area contributed by atoms with Gasteiger partial charge in [-0.05, 0) is 70.7 Å². The number of benzene rings is 1. The minimum atomic E-state index is -0.492. The van der Waals surface area contributed by atoms with Crippen LogP contribution in [0.2, 0.25) is 0 Å². The molecule has 1 aliphatic rings. The van der Waals surface area contributed by atoms with E-state index < -0.39 is 5.60 Å². The summed E-state index contributed by atoms with van der Waals surface area (Å²) in [5, 5.41) is 2.98. The second-order valence-electron chi connectivity index (χ2n) is 7.84. The number of nitrogens with one attached hydrogen (secondary N) is 1. The lowest BCUT2D eigenvalue weighted by molar-refractivity contribution is -0.124. The Labute approximate surface area is 155 Å². The first-order valence-electron chi connectivity index (χ1n) is 9.11. The molecule has 26 heavy (non-hydrogen) atoms. The fourth-order valence-electron chi connectivity index (χ4n) is 2.75. The van der Waals surface area contributed by atoms with Crippen LogP contribution in [0.25, 0.3) is 0 Å². The molecule has 1 aromatic rings. The van der Waals surface area contributed by atoms with Gasteiger partial charge >= 0.3 is 6.09 Å². The standard InChI is InChI=1S/C20H30N2O4/c1-14-6-7-17(12-15(14)2)25-13-18(23)21-16-8-10-22(11-9-16)19(24)26-20(3,4)5/h6-7,12,16H,8-11,13H2,1-5H3,(H,21,23). The van der Waals surface area contributed by atoms with Crippen molar-refractivity contribution in [2.75, 3.05) is 19.7 Å². The number of amides is 2. The number of hydrogen-bond donors (Lipinski definition) is 1. The van der Waals surface area contributed by atoms with E-state index in [0.717, 1.165) is 5.56 Å². The Hall–Kier alpha value is -2.24. The van der Waals surface area contributed by atoms with Crippen molar-refractivity contribution in [2.45, 2.75) is 59.1 Å². The van der Waals surface area contributed by atoms with Gasteiger partial charge in [-0.1, -0.05) is 6.07 Å². The highest BCUT2D eigenvalue weighted by molar-refractivity contribution is 5.78. The molecule has 0 radical (unpaired) electrons. The van der Waals surface area contributed by atoms with E-state index in [-0.39, 0.29) is 24.6 Å². The molecule has 1 aromatic carbocycles. The molecule has 1 aliphatic heterocycles. The quantitative estimate of drug-likeness (QED) is 0.893. The van der Waals surface area contributed by atoms with Crippen molar-refractivity contribution >= 4 is 12.0 Å². The molecule has 0 saturated carbocycles. The summed E-state index contributed by atoms with van der Waals surface area (Å²) in [5.74, 6) is 0.557. The van der Waals surface area contributed by atoms with Crippen molar-refractivity contribution in [1.29, 1.82) is 0 Å². The van der Waals surface area contributed by atoms with Crippen molar-refractivity contribution in [3.8, 4) is 5.75 Å². The van der Waals surface area contributed by atoms with Crippen molar-refractivity contribution in [2.24, 2.45) is 0 Å². The van der Waals surface area contributed by atoms with Crippen molar-refractivity contribution in [1.82, 2.24) is 10.2 Å². The lowest BCUT2D eigenvalue weighted by Gasteiger charge is -2.33. The molecule has 0 spiro atoms. The van der Waals surface area contributed by atoms with Crippen LogP contribution in [0.1, 0.15) is 44.7 Å². The molecule has 144 valence electrons. The molecule has 1 N–H and O–H groups in total. The highest BCUT2D eigenvalue weighted by Gasteiger charge is 2.27. The molecule has 1 heterocycles. The molecule has 2 rings (SSSR count). The number of nitrogens with zero attached hydrogens (tertiary/aromatic N) is 1. The first-order valence-corrected chi connectivity index (χ1v) is 9.11. The topological polar surface area (TPSA) is 67.9 Å².